The van der Waals surface area contributed by atoms with Crippen LogP contribution >= 0.6 is 7.60 Å². The third-order valence-corrected chi connectivity index (χ3v) is 6.18. The molecule has 4 aromatic rings. The van der Waals surface area contributed by atoms with Gasteiger partial charge in [-0.2, -0.15) is 0 Å². The second kappa shape index (κ2) is 7.20. The number of hydrogen-bond donors (Lipinski definition) is 3. The number of carbonyl (C=O) groups excluding carboxylic acids is 1. The fourth-order valence-corrected chi connectivity index (χ4v) is 4.04. The molecule has 8 nitrogen and oxygen atoms in total. The number of furan rings is 1. The summed E-state index contributed by atoms with van der Waals surface area (Å²) in [5.74, 6) is 0.974. The van der Waals surface area contributed by atoms with Gasteiger partial charge in [-0.1, -0.05) is 18.2 Å². The molecule has 1 aliphatic carbocycles. The van der Waals surface area contributed by atoms with E-state index in [4.69, 9.17) is 4.42 Å². The summed E-state index contributed by atoms with van der Waals surface area (Å²) in [6.07, 6.45) is 3.65. The molecule has 0 saturated heterocycles. The van der Waals surface area contributed by atoms with E-state index in [1.54, 1.807) is 12.3 Å². The van der Waals surface area contributed by atoms with Crippen molar-refractivity contribution in [3.05, 3.63) is 60.3 Å². The summed E-state index contributed by atoms with van der Waals surface area (Å²) in [7, 11) is -4.45. The van der Waals surface area contributed by atoms with Crippen molar-refractivity contribution in [3.8, 4) is 22.6 Å². The van der Waals surface area contributed by atoms with Crippen molar-refractivity contribution in [3.63, 3.8) is 0 Å². The average Bonchev–Trinajstić information content (AvgIpc) is 3.29. The van der Waals surface area contributed by atoms with Gasteiger partial charge in [0.15, 0.2) is 5.82 Å². The zero-order valence-electron chi connectivity index (χ0n) is 16.6. The Bertz CT molecular complexity index is 1360. The van der Waals surface area contributed by atoms with Crippen molar-refractivity contribution in [2.24, 2.45) is 5.92 Å². The molecule has 1 aliphatic rings. The number of aryl methyl sites for hydroxylation is 1. The molecule has 0 radical (unpaired) electrons. The average molecular weight is 437 g/mol. The summed E-state index contributed by atoms with van der Waals surface area (Å²) in [4.78, 5) is 35.3. The minimum atomic E-state index is -4.45. The number of hydrogen-bond acceptors (Lipinski definition) is 4. The Morgan fingerprint density at radius 1 is 1.19 bits per heavy atom. The second-order valence-electron chi connectivity index (χ2n) is 7.74. The highest BCUT2D eigenvalue weighted by molar-refractivity contribution is 7.59. The first-order valence-electron chi connectivity index (χ1n) is 9.86. The van der Waals surface area contributed by atoms with E-state index >= 15 is 0 Å². The predicted octanol–water partition coefficient (Wildman–Crippen LogP) is 3.72. The molecule has 1 fully saturated rings. The molecule has 0 spiro atoms. The summed E-state index contributed by atoms with van der Waals surface area (Å²) in [6, 6.07) is 14.2. The monoisotopic (exact) mass is 437 g/mol. The van der Waals surface area contributed by atoms with Crippen LogP contribution in [-0.2, 0) is 9.36 Å². The van der Waals surface area contributed by atoms with E-state index in [9.17, 15) is 19.1 Å². The molecule has 1 saturated carbocycles. The molecule has 0 bridgehead atoms. The number of nitrogens with zero attached hydrogens (tertiary/aromatic N) is 2. The SMILES string of the molecule is Cc1ccc(-c2ccc(P(=O)(O)O)o2)cc1-c1cccc2nc(NC(=O)C3CC3)cn12. The molecule has 0 unspecified atom stereocenters. The van der Waals surface area contributed by atoms with Gasteiger partial charge in [0.05, 0.1) is 11.9 Å². The number of nitrogens with one attached hydrogen (secondary N) is 1. The molecule has 3 aromatic heterocycles. The van der Waals surface area contributed by atoms with Gasteiger partial charge in [0.2, 0.25) is 11.4 Å². The fraction of sp³-hybridized carbons (Fsp3) is 0.182. The molecule has 1 amide bonds. The fourth-order valence-electron chi connectivity index (χ4n) is 3.55. The van der Waals surface area contributed by atoms with Crippen LogP contribution in [0.5, 0.6) is 0 Å². The highest BCUT2D eigenvalue weighted by Crippen LogP contribution is 2.37. The van der Waals surface area contributed by atoms with Gasteiger partial charge in [-0.25, -0.2) is 4.98 Å². The van der Waals surface area contributed by atoms with Gasteiger partial charge < -0.3 is 19.5 Å². The molecule has 31 heavy (non-hydrogen) atoms. The number of anilines is 1. The zero-order chi connectivity index (χ0) is 21.8. The maximum atomic E-state index is 12.1. The molecular formula is C22H20N3O5P. The lowest BCUT2D eigenvalue weighted by molar-refractivity contribution is -0.117. The van der Waals surface area contributed by atoms with Crippen LogP contribution in [-0.4, -0.2) is 25.1 Å². The molecule has 1 aromatic carbocycles. The number of rotatable bonds is 5. The normalized spacial score (nSPS) is 14.2. The van der Waals surface area contributed by atoms with Gasteiger partial charge in [0, 0.05) is 17.0 Å². The van der Waals surface area contributed by atoms with Crippen molar-refractivity contribution in [1.82, 2.24) is 9.38 Å². The summed E-state index contributed by atoms with van der Waals surface area (Å²) in [5, 5.41) is 2.88. The Morgan fingerprint density at radius 3 is 2.71 bits per heavy atom. The van der Waals surface area contributed by atoms with Gasteiger partial charge in [0.25, 0.3) is 0 Å². The molecule has 3 heterocycles. The summed E-state index contributed by atoms with van der Waals surface area (Å²) in [5.41, 5.74) is 3.83. The molecule has 5 rings (SSSR count). The van der Waals surface area contributed by atoms with E-state index in [1.807, 2.05) is 47.7 Å². The molecule has 9 heteroatoms. The van der Waals surface area contributed by atoms with Crippen LogP contribution in [0.1, 0.15) is 18.4 Å². The van der Waals surface area contributed by atoms with Crippen LogP contribution in [0.4, 0.5) is 5.82 Å². The standard InChI is InChI=1S/C22H20N3O5P/c1-13-5-6-15(18-9-10-21(30-18)31(27,28)29)11-16(13)17-3-2-4-20-23-19(12-25(17)20)24-22(26)14-7-8-14/h2-6,9-12,14H,7-8H2,1H3,(H,24,26)(H2,27,28,29). The lowest BCUT2D eigenvalue weighted by Gasteiger charge is -2.10. The number of benzene rings is 1. The second-order valence-corrected chi connectivity index (χ2v) is 9.27. The van der Waals surface area contributed by atoms with Gasteiger partial charge in [-0.15, -0.1) is 0 Å². The van der Waals surface area contributed by atoms with E-state index in [2.05, 4.69) is 10.3 Å². The van der Waals surface area contributed by atoms with E-state index in [1.165, 1.54) is 6.07 Å². The van der Waals surface area contributed by atoms with Crippen molar-refractivity contribution in [2.75, 3.05) is 5.32 Å². The van der Waals surface area contributed by atoms with Crippen molar-refractivity contribution < 1.29 is 23.6 Å². The molecule has 0 aliphatic heterocycles. The number of imidazole rings is 1. The Kier molecular flexibility index (Phi) is 4.59. The van der Waals surface area contributed by atoms with Gasteiger partial charge >= 0.3 is 7.60 Å². The first-order chi connectivity index (χ1) is 14.8. The molecule has 3 N–H and O–H groups in total. The van der Waals surface area contributed by atoms with E-state index in [-0.39, 0.29) is 17.3 Å². The van der Waals surface area contributed by atoms with E-state index in [0.29, 0.717) is 22.8 Å². The van der Waals surface area contributed by atoms with Gasteiger partial charge in [-0.3, -0.25) is 13.8 Å². The molecule has 158 valence electrons. The smallest absolute Gasteiger partial charge is 0.391 e. The Balaban J connectivity index is 1.55. The van der Waals surface area contributed by atoms with E-state index in [0.717, 1.165) is 29.7 Å². The highest BCUT2D eigenvalue weighted by atomic mass is 31.2. The number of pyridine rings is 1. The third kappa shape index (κ3) is 3.81. The van der Waals surface area contributed by atoms with E-state index < -0.39 is 7.60 Å². The first-order valence-corrected chi connectivity index (χ1v) is 11.5. The Hall–Kier alpha value is -3.19. The topological polar surface area (TPSA) is 117 Å². The lowest BCUT2D eigenvalue weighted by atomic mass is 10.0. The Morgan fingerprint density at radius 2 is 2.00 bits per heavy atom. The minimum absolute atomic E-state index is 0.00168. The number of amides is 1. The lowest BCUT2D eigenvalue weighted by Crippen LogP contribution is -2.13. The van der Waals surface area contributed by atoms with Crippen LogP contribution in [0.3, 0.4) is 0 Å². The van der Waals surface area contributed by atoms with Crippen LogP contribution < -0.4 is 10.8 Å². The van der Waals surface area contributed by atoms with Gasteiger partial charge in [0.1, 0.15) is 11.4 Å². The minimum Gasteiger partial charge on any atom is -0.448 e. The zero-order valence-corrected chi connectivity index (χ0v) is 17.5. The third-order valence-electron chi connectivity index (χ3n) is 5.37. The molecule has 0 atom stereocenters. The Labute approximate surface area is 177 Å². The molecular weight excluding hydrogens is 417 g/mol. The van der Waals surface area contributed by atoms with Crippen LogP contribution in [0, 0.1) is 12.8 Å². The van der Waals surface area contributed by atoms with Crippen molar-refractivity contribution in [2.45, 2.75) is 19.8 Å². The van der Waals surface area contributed by atoms with Crippen LogP contribution in [0.15, 0.2) is 59.1 Å². The number of fused-ring (bicyclic) bond motifs is 1. The van der Waals surface area contributed by atoms with Crippen molar-refractivity contribution >= 4 is 30.5 Å². The largest absolute Gasteiger partial charge is 0.448 e. The number of aromatic nitrogens is 2. The summed E-state index contributed by atoms with van der Waals surface area (Å²) in [6.45, 7) is 1.98. The first kappa shape index (κ1) is 19.8. The summed E-state index contributed by atoms with van der Waals surface area (Å²) < 4.78 is 18.8. The van der Waals surface area contributed by atoms with Gasteiger partial charge in [-0.05, 0) is 55.7 Å². The van der Waals surface area contributed by atoms with Crippen LogP contribution in [0.2, 0.25) is 0 Å². The number of carbonyl (C=O) groups is 1. The highest BCUT2D eigenvalue weighted by Gasteiger charge is 2.30. The van der Waals surface area contributed by atoms with Crippen molar-refractivity contribution in [1.29, 1.82) is 0 Å². The van der Waals surface area contributed by atoms with Crippen LogP contribution in [0.25, 0.3) is 28.2 Å². The maximum absolute atomic E-state index is 12.1. The maximum Gasteiger partial charge on any atom is 0.391 e. The summed E-state index contributed by atoms with van der Waals surface area (Å²) >= 11 is 0. The predicted molar refractivity (Wildman–Crippen MR) is 116 cm³/mol. The quantitative estimate of drug-likeness (QED) is 0.410.